The zero-order valence-corrected chi connectivity index (χ0v) is 16.6. The van der Waals surface area contributed by atoms with Gasteiger partial charge in [0, 0.05) is 40.2 Å². The van der Waals surface area contributed by atoms with Gasteiger partial charge in [-0.2, -0.15) is 0 Å². The van der Waals surface area contributed by atoms with Crippen LogP contribution in [0.25, 0.3) is 22.0 Å². The maximum atomic E-state index is 12.5. The highest BCUT2D eigenvalue weighted by atomic mass is 16.7. The van der Waals surface area contributed by atoms with E-state index in [-0.39, 0.29) is 24.4 Å². The predicted molar refractivity (Wildman–Crippen MR) is 111 cm³/mol. The molecule has 3 heterocycles. The van der Waals surface area contributed by atoms with Gasteiger partial charge in [0.15, 0.2) is 11.5 Å². The van der Waals surface area contributed by atoms with Crippen LogP contribution in [0.2, 0.25) is 0 Å². The van der Waals surface area contributed by atoms with Crippen molar-refractivity contribution >= 4 is 28.6 Å². The van der Waals surface area contributed by atoms with Crippen LogP contribution in [0, 0.1) is 0 Å². The van der Waals surface area contributed by atoms with Gasteiger partial charge in [-0.25, -0.2) is 4.79 Å². The number of esters is 2. The van der Waals surface area contributed by atoms with Gasteiger partial charge in [-0.1, -0.05) is 30.4 Å². The van der Waals surface area contributed by atoms with E-state index in [2.05, 4.69) is 4.98 Å². The van der Waals surface area contributed by atoms with Crippen molar-refractivity contribution < 1.29 is 28.3 Å². The van der Waals surface area contributed by atoms with Crippen LogP contribution < -0.4 is 0 Å². The van der Waals surface area contributed by atoms with Gasteiger partial charge in [-0.3, -0.25) is 9.59 Å². The number of aromatic amines is 1. The van der Waals surface area contributed by atoms with Crippen molar-refractivity contribution in [2.45, 2.75) is 32.0 Å². The molecule has 0 saturated heterocycles. The summed E-state index contributed by atoms with van der Waals surface area (Å²) < 4.78 is 15.9. The fraction of sp³-hybridized carbons (Fsp3) is 0.208. The molecule has 7 nitrogen and oxygen atoms in total. The highest BCUT2D eigenvalue weighted by molar-refractivity contribution is 5.99. The van der Waals surface area contributed by atoms with Crippen LogP contribution >= 0.6 is 0 Å². The van der Waals surface area contributed by atoms with Crippen molar-refractivity contribution in [1.82, 2.24) is 4.98 Å². The number of Topliss-reactive ketones (excluding diaryl/α,β-unsaturated/α-hetero) is 1. The molecule has 0 radical (unpaired) electrons. The number of furan rings is 1. The van der Waals surface area contributed by atoms with Crippen LogP contribution in [0.5, 0.6) is 0 Å². The molecule has 1 unspecified atom stereocenters. The largest absolute Gasteiger partial charge is 0.461 e. The van der Waals surface area contributed by atoms with Gasteiger partial charge in [0.05, 0.1) is 18.3 Å². The van der Waals surface area contributed by atoms with E-state index >= 15 is 0 Å². The monoisotopic (exact) mass is 417 g/mol. The second-order valence-corrected chi connectivity index (χ2v) is 7.48. The lowest BCUT2D eigenvalue weighted by molar-refractivity contribution is -0.174. The summed E-state index contributed by atoms with van der Waals surface area (Å²) >= 11 is 0. The van der Waals surface area contributed by atoms with Crippen molar-refractivity contribution in [3.05, 3.63) is 71.9 Å². The molecule has 7 heteroatoms. The summed E-state index contributed by atoms with van der Waals surface area (Å²) in [5, 5.41) is 1.03. The number of H-pyrrole nitrogens is 1. The van der Waals surface area contributed by atoms with Crippen molar-refractivity contribution in [2.75, 3.05) is 0 Å². The van der Waals surface area contributed by atoms with Crippen LogP contribution in [0.15, 0.2) is 70.5 Å². The molecule has 1 aliphatic heterocycles. The molecule has 1 aromatic carbocycles. The van der Waals surface area contributed by atoms with E-state index in [0.29, 0.717) is 17.6 Å². The van der Waals surface area contributed by atoms with Gasteiger partial charge in [0.25, 0.3) is 6.29 Å². The summed E-state index contributed by atoms with van der Waals surface area (Å²) in [6.45, 7) is 0. The predicted octanol–water partition coefficient (Wildman–Crippen LogP) is 4.46. The number of ketones is 1. The topological polar surface area (TPSA) is 98.6 Å². The second kappa shape index (κ2) is 7.75. The Bertz CT molecular complexity index is 1260. The summed E-state index contributed by atoms with van der Waals surface area (Å²) in [5.74, 6) is -1.20. The number of ether oxygens (including phenoxy) is 2. The highest BCUT2D eigenvalue weighted by Crippen LogP contribution is 2.32. The molecule has 0 bridgehead atoms. The average molecular weight is 417 g/mol. The van der Waals surface area contributed by atoms with E-state index in [1.165, 1.54) is 6.26 Å². The first-order valence-corrected chi connectivity index (χ1v) is 10.1. The Morgan fingerprint density at radius 2 is 2.06 bits per heavy atom. The van der Waals surface area contributed by atoms with Crippen LogP contribution in [-0.2, 0) is 19.1 Å². The van der Waals surface area contributed by atoms with Crippen LogP contribution in [0.4, 0.5) is 0 Å². The fourth-order valence-electron chi connectivity index (χ4n) is 3.90. The molecular formula is C24H19NO6. The molecule has 156 valence electrons. The SMILES string of the molecule is O=C(CCC(=O)c1cc(-c2c[nH]c3ccccc23)co1)OC1OC(=O)C2=C1CCC=C2. The molecule has 1 aliphatic carbocycles. The zero-order valence-electron chi connectivity index (χ0n) is 16.6. The number of hydrogen-bond donors (Lipinski definition) is 1. The number of carbonyl (C=O) groups is 3. The molecule has 0 spiro atoms. The van der Waals surface area contributed by atoms with Crippen molar-refractivity contribution in [3.8, 4) is 11.1 Å². The first kappa shape index (κ1) is 19.1. The Labute approximate surface area is 177 Å². The normalized spacial score (nSPS) is 17.7. The number of carbonyl (C=O) groups excluding carboxylic acids is 3. The fourth-order valence-corrected chi connectivity index (χ4v) is 3.90. The number of fused-ring (bicyclic) bond motifs is 1. The molecule has 0 fully saturated rings. The number of para-hydroxylation sites is 1. The molecule has 2 aromatic heterocycles. The van der Waals surface area contributed by atoms with Crippen LogP contribution in [-0.4, -0.2) is 29.0 Å². The molecule has 1 N–H and O–H groups in total. The second-order valence-electron chi connectivity index (χ2n) is 7.48. The van der Waals surface area contributed by atoms with E-state index in [9.17, 15) is 14.4 Å². The van der Waals surface area contributed by atoms with Crippen LogP contribution in [0.3, 0.4) is 0 Å². The van der Waals surface area contributed by atoms with Crippen LogP contribution in [0.1, 0.15) is 36.2 Å². The summed E-state index contributed by atoms with van der Waals surface area (Å²) in [7, 11) is 0. The first-order chi connectivity index (χ1) is 15.1. The molecule has 1 atom stereocenters. The summed E-state index contributed by atoms with van der Waals surface area (Å²) in [6.07, 6.45) is 7.17. The van der Waals surface area contributed by atoms with E-state index < -0.39 is 18.2 Å². The van der Waals surface area contributed by atoms with Gasteiger partial charge in [0.2, 0.25) is 0 Å². The quantitative estimate of drug-likeness (QED) is 0.470. The van der Waals surface area contributed by atoms with Gasteiger partial charge in [-0.15, -0.1) is 0 Å². The minimum atomic E-state index is -0.993. The van der Waals surface area contributed by atoms with E-state index in [4.69, 9.17) is 13.9 Å². The summed E-state index contributed by atoms with van der Waals surface area (Å²) in [5.41, 5.74) is 3.85. The zero-order chi connectivity index (χ0) is 21.4. The van der Waals surface area contributed by atoms with E-state index in [1.807, 2.05) is 36.5 Å². The lowest BCUT2D eigenvalue weighted by atomic mass is 9.99. The minimum Gasteiger partial charge on any atom is -0.461 e. The Balaban J connectivity index is 1.21. The van der Waals surface area contributed by atoms with Gasteiger partial charge in [0.1, 0.15) is 0 Å². The third-order valence-electron chi connectivity index (χ3n) is 5.50. The van der Waals surface area contributed by atoms with Gasteiger partial charge >= 0.3 is 11.9 Å². The molecule has 0 amide bonds. The molecule has 2 aliphatic rings. The van der Waals surface area contributed by atoms with Crippen molar-refractivity contribution in [3.63, 3.8) is 0 Å². The van der Waals surface area contributed by atoms with Crippen molar-refractivity contribution in [2.24, 2.45) is 0 Å². The molecule has 0 saturated carbocycles. The number of hydrogen-bond acceptors (Lipinski definition) is 6. The molecule has 31 heavy (non-hydrogen) atoms. The summed E-state index contributed by atoms with van der Waals surface area (Å²) in [4.78, 5) is 39.7. The Hall–Kier alpha value is -3.87. The van der Waals surface area contributed by atoms with Crippen molar-refractivity contribution in [1.29, 1.82) is 0 Å². The third-order valence-corrected chi connectivity index (χ3v) is 5.50. The number of nitrogens with one attached hydrogen (secondary N) is 1. The van der Waals surface area contributed by atoms with E-state index in [1.54, 1.807) is 12.1 Å². The number of allylic oxidation sites excluding steroid dienone is 1. The first-order valence-electron chi connectivity index (χ1n) is 10.1. The number of rotatable bonds is 6. The smallest absolute Gasteiger partial charge is 0.341 e. The van der Waals surface area contributed by atoms with E-state index in [0.717, 1.165) is 28.5 Å². The number of aromatic nitrogens is 1. The average Bonchev–Trinajstić information content (AvgIpc) is 3.50. The highest BCUT2D eigenvalue weighted by Gasteiger charge is 2.36. The maximum absolute atomic E-state index is 12.5. The lowest BCUT2D eigenvalue weighted by Gasteiger charge is -2.15. The Morgan fingerprint density at radius 3 is 2.97 bits per heavy atom. The maximum Gasteiger partial charge on any atom is 0.341 e. The third kappa shape index (κ3) is 3.59. The standard InChI is InChI=1S/C24H19NO6/c26-20(9-10-22(27)30-24-17-7-2-1-6-16(17)23(28)31-24)21-11-14(13-29-21)18-12-25-19-8-4-3-5-15(18)19/h1,3-6,8,11-13,24-25H,2,7,9-10H2. The molecular weight excluding hydrogens is 398 g/mol. The minimum absolute atomic E-state index is 0.0633. The molecule has 3 aromatic rings. The Morgan fingerprint density at radius 1 is 1.19 bits per heavy atom. The summed E-state index contributed by atoms with van der Waals surface area (Å²) in [6, 6.07) is 9.53. The number of cyclic esters (lactones) is 1. The number of benzene rings is 1. The Kier molecular flexibility index (Phi) is 4.78. The van der Waals surface area contributed by atoms with Gasteiger partial charge < -0.3 is 18.9 Å². The molecule has 5 rings (SSSR count). The lowest BCUT2D eigenvalue weighted by Crippen LogP contribution is -2.21. The van der Waals surface area contributed by atoms with Gasteiger partial charge in [-0.05, 0) is 25.0 Å².